The van der Waals surface area contributed by atoms with Crippen LogP contribution in [0.2, 0.25) is 0 Å². The number of halogens is 11. The summed E-state index contributed by atoms with van der Waals surface area (Å²) in [6.45, 7) is 0. The average molecular weight is 553 g/mol. The summed E-state index contributed by atoms with van der Waals surface area (Å²) in [4.78, 5) is 0. The van der Waals surface area contributed by atoms with Gasteiger partial charge >= 0.3 is 56.5 Å². The summed E-state index contributed by atoms with van der Waals surface area (Å²) in [5, 5.41) is -7.40. The van der Waals surface area contributed by atoms with E-state index >= 15 is 0 Å². The summed E-state index contributed by atoms with van der Waals surface area (Å²) in [5.41, 5.74) is 0. The Morgan fingerprint density at radius 3 is 1.10 bits per heavy atom. The van der Waals surface area contributed by atoms with E-state index in [4.69, 9.17) is 0 Å². The summed E-state index contributed by atoms with van der Waals surface area (Å²) in [6, 6.07) is 0. The minimum absolute atomic E-state index is 0. The van der Waals surface area contributed by atoms with E-state index in [1.54, 1.807) is 0 Å². The summed E-state index contributed by atoms with van der Waals surface area (Å²) in [6.07, 6.45) is -7.41. The van der Waals surface area contributed by atoms with Gasteiger partial charge in [-0.2, -0.15) is 48.3 Å². The molecule has 0 aromatic carbocycles. The fourth-order valence-corrected chi connectivity index (χ4v) is 1.16. The van der Waals surface area contributed by atoms with E-state index in [0.29, 0.717) is 0 Å². The monoisotopic (exact) mass is 554 g/mol. The molecule has 0 saturated carbocycles. The van der Waals surface area contributed by atoms with Crippen LogP contribution in [-0.4, -0.2) is 69.5 Å². The summed E-state index contributed by atoms with van der Waals surface area (Å²) in [5.74, 6) is -23.4. The molecule has 0 aromatic rings. The van der Waals surface area contributed by atoms with Gasteiger partial charge in [-0.15, -0.1) is 0 Å². The topological polar surface area (TPSA) is 57.2 Å². The van der Waals surface area contributed by atoms with Crippen molar-refractivity contribution in [2.75, 3.05) is 0 Å². The van der Waals surface area contributed by atoms with Crippen LogP contribution in [0, 0.1) is 0 Å². The molecular formula is C5F11O3STl. The first kappa shape index (κ1) is 23.3. The maximum absolute atomic E-state index is 12.4. The first-order valence-corrected chi connectivity index (χ1v) is 5.19. The molecule has 21 heavy (non-hydrogen) atoms. The Hall–Kier alpha value is 0.0621. The molecule has 0 atom stereocenters. The Morgan fingerprint density at radius 2 is 0.905 bits per heavy atom. The zero-order valence-corrected chi connectivity index (χ0v) is 14.2. The van der Waals surface area contributed by atoms with Crippen LogP contribution in [0.5, 0.6) is 0 Å². The Kier molecular flexibility index (Phi) is 6.23. The van der Waals surface area contributed by atoms with Crippen LogP contribution in [-0.2, 0) is 10.1 Å². The maximum Gasteiger partial charge on any atom is 1.00 e. The molecule has 0 bridgehead atoms. The predicted molar refractivity (Wildman–Crippen MR) is 41.3 cm³/mol. The van der Waals surface area contributed by atoms with Gasteiger partial charge in [0.05, 0.1) is 0 Å². The van der Waals surface area contributed by atoms with Gasteiger partial charge in [-0.25, -0.2) is 8.42 Å². The van der Waals surface area contributed by atoms with Crippen molar-refractivity contribution in [3.63, 3.8) is 0 Å². The zero-order valence-electron chi connectivity index (χ0n) is 8.87. The third kappa shape index (κ3) is 3.22. The van der Waals surface area contributed by atoms with Gasteiger partial charge in [0.15, 0.2) is 10.1 Å². The van der Waals surface area contributed by atoms with E-state index < -0.39 is 39.3 Å². The molecule has 0 aliphatic carbocycles. The normalized spacial score (nSPS) is 15.6. The van der Waals surface area contributed by atoms with Gasteiger partial charge in [0, 0.05) is 0 Å². The molecular weight excluding hydrogens is 553 g/mol. The van der Waals surface area contributed by atoms with Crippen molar-refractivity contribution in [3.8, 4) is 0 Å². The molecule has 0 aromatic heterocycles. The fraction of sp³-hybridized carbons (Fsp3) is 1.00. The molecule has 0 radical (unpaired) electrons. The van der Waals surface area contributed by atoms with Gasteiger partial charge in [0.25, 0.3) is 0 Å². The van der Waals surface area contributed by atoms with Crippen molar-refractivity contribution in [2.45, 2.75) is 29.2 Å². The number of alkyl halides is 11. The molecule has 0 aliphatic heterocycles. The number of rotatable bonds is 4. The van der Waals surface area contributed by atoms with E-state index in [0.717, 1.165) is 0 Å². The number of hydrogen-bond acceptors (Lipinski definition) is 3. The van der Waals surface area contributed by atoms with Crippen LogP contribution < -0.4 is 0 Å². The smallest absolute Gasteiger partial charge is 0.743 e. The summed E-state index contributed by atoms with van der Waals surface area (Å²) in [7, 11) is -7.66. The molecule has 0 spiro atoms. The van der Waals surface area contributed by atoms with Crippen molar-refractivity contribution >= 4 is 37.4 Å². The van der Waals surface area contributed by atoms with Crippen molar-refractivity contribution in [3.05, 3.63) is 0 Å². The second kappa shape index (κ2) is 5.61. The van der Waals surface area contributed by atoms with Crippen LogP contribution in [0.25, 0.3) is 0 Å². The van der Waals surface area contributed by atoms with Crippen LogP contribution >= 0.6 is 0 Å². The molecule has 0 heterocycles. The molecule has 3 nitrogen and oxygen atoms in total. The first-order chi connectivity index (χ1) is 8.25. The minimum Gasteiger partial charge on any atom is -0.743 e. The second-order valence-electron chi connectivity index (χ2n) is 3.19. The van der Waals surface area contributed by atoms with Crippen molar-refractivity contribution in [1.82, 2.24) is 0 Å². The van der Waals surface area contributed by atoms with Gasteiger partial charge in [-0.1, -0.05) is 0 Å². The van der Waals surface area contributed by atoms with Crippen LogP contribution in [0.1, 0.15) is 0 Å². The first-order valence-electron chi connectivity index (χ1n) is 3.78. The zero-order chi connectivity index (χ0) is 17.0. The van der Waals surface area contributed by atoms with Crippen molar-refractivity contribution in [1.29, 1.82) is 0 Å². The van der Waals surface area contributed by atoms with Gasteiger partial charge in [-0.05, 0) is 0 Å². The predicted octanol–water partition coefficient (Wildman–Crippen LogP) is 2.21. The van der Waals surface area contributed by atoms with E-state index in [1.165, 1.54) is 0 Å². The molecule has 0 saturated heterocycles. The fourth-order valence-electron chi connectivity index (χ4n) is 0.715. The van der Waals surface area contributed by atoms with Crippen LogP contribution in [0.4, 0.5) is 48.3 Å². The van der Waals surface area contributed by atoms with E-state index in [2.05, 4.69) is 0 Å². The molecule has 0 unspecified atom stereocenters. The second-order valence-corrected chi connectivity index (χ2v) is 4.61. The van der Waals surface area contributed by atoms with Crippen molar-refractivity contribution in [2.24, 2.45) is 0 Å². The Morgan fingerprint density at radius 1 is 0.619 bits per heavy atom. The summed E-state index contributed by atoms with van der Waals surface area (Å²) >= 11 is 0. The Labute approximate surface area is 128 Å². The van der Waals surface area contributed by atoms with Crippen LogP contribution in [0.15, 0.2) is 0 Å². The SMILES string of the molecule is O=S(=O)([O-])C(F)(F)C(F)(F)C(F)(F)C(F)(F)C(F)(F)F.[Tl+]. The molecule has 16 heteroatoms. The van der Waals surface area contributed by atoms with Gasteiger partial charge in [0.1, 0.15) is 0 Å². The molecule has 0 rings (SSSR count). The summed E-state index contributed by atoms with van der Waals surface area (Å²) < 4.78 is 162. The van der Waals surface area contributed by atoms with Crippen LogP contribution in [0.3, 0.4) is 0 Å². The molecule has 124 valence electrons. The molecule has 0 fully saturated rings. The Bertz CT molecular complexity index is 481. The largest absolute Gasteiger partial charge is 1.00 e. The Balaban J connectivity index is 0. The molecule has 0 N–H and O–H groups in total. The van der Waals surface area contributed by atoms with Crippen molar-refractivity contribution < 1.29 is 61.3 Å². The van der Waals surface area contributed by atoms with E-state index in [-0.39, 0.29) is 27.3 Å². The van der Waals surface area contributed by atoms with Gasteiger partial charge < -0.3 is 4.55 Å². The third-order valence-corrected chi connectivity index (χ3v) is 2.71. The van der Waals surface area contributed by atoms with Gasteiger partial charge in [0.2, 0.25) is 0 Å². The number of hydrogen-bond donors (Lipinski definition) is 0. The average Bonchev–Trinajstić information content (AvgIpc) is 2.12. The van der Waals surface area contributed by atoms with E-state index in [1.807, 2.05) is 0 Å². The maximum atomic E-state index is 12.4. The van der Waals surface area contributed by atoms with Gasteiger partial charge in [-0.3, -0.25) is 0 Å². The molecule has 0 amide bonds. The minimum atomic E-state index is -7.90. The van der Waals surface area contributed by atoms with E-state index in [9.17, 15) is 61.3 Å². The standard InChI is InChI=1S/C5HF11O3S.Tl/c6-1(7,2(8,9)4(12,13)14)3(10,11)5(15,16)20(17,18)19;/h(H,17,18,19);/q;+1/p-1. The quantitative estimate of drug-likeness (QED) is 0.305. The molecule has 0 aliphatic rings. The third-order valence-electron chi connectivity index (χ3n) is 1.82.